The van der Waals surface area contributed by atoms with Gasteiger partial charge in [0.2, 0.25) is 0 Å². The highest BCUT2D eigenvalue weighted by Gasteiger charge is 2.02. The van der Waals surface area contributed by atoms with Crippen LogP contribution in [0.3, 0.4) is 0 Å². The van der Waals surface area contributed by atoms with Gasteiger partial charge in [0.05, 0.1) is 0 Å². The number of aliphatic carboxylic acids is 1. The van der Waals surface area contributed by atoms with Crippen LogP contribution in [0.2, 0.25) is 0 Å². The van der Waals surface area contributed by atoms with Gasteiger partial charge in [0.1, 0.15) is 6.54 Å². The van der Waals surface area contributed by atoms with Gasteiger partial charge in [0.25, 0.3) is 0 Å². The molecule has 4 heteroatoms. The lowest BCUT2D eigenvalue weighted by atomic mass is 10.1. The predicted molar refractivity (Wildman–Crippen MR) is 59.6 cm³/mol. The Balaban J connectivity index is 2.80. The van der Waals surface area contributed by atoms with Gasteiger partial charge in [0, 0.05) is 10.2 Å². The third-order valence-electron chi connectivity index (χ3n) is 1.88. The monoisotopic (exact) mass is 257 g/mol. The van der Waals surface area contributed by atoms with Crippen molar-refractivity contribution in [2.45, 2.75) is 13.3 Å². The lowest BCUT2D eigenvalue weighted by Crippen LogP contribution is -2.13. The first-order valence-electron chi connectivity index (χ1n) is 4.37. The maximum atomic E-state index is 10.4. The van der Waals surface area contributed by atoms with E-state index >= 15 is 0 Å². The van der Waals surface area contributed by atoms with Crippen molar-refractivity contribution < 1.29 is 9.90 Å². The van der Waals surface area contributed by atoms with Crippen LogP contribution in [0, 0.1) is 0 Å². The molecule has 0 radical (unpaired) electrons. The molecule has 0 aromatic heterocycles. The molecule has 0 amide bonds. The molecule has 76 valence electrons. The van der Waals surface area contributed by atoms with Crippen molar-refractivity contribution in [3.8, 4) is 0 Å². The quantitative estimate of drug-likeness (QED) is 0.872. The molecule has 1 aromatic carbocycles. The van der Waals surface area contributed by atoms with Crippen molar-refractivity contribution in [1.29, 1.82) is 0 Å². The van der Waals surface area contributed by atoms with E-state index in [2.05, 4.69) is 21.2 Å². The van der Waals surface area contributed by atoms with E-state index in [0.29, 0.717) is 0 Å². The van der Waals surface area contributed by atoms with Crippen LogP contribution in [0.1, 0.15) is 12.5 Å². The highest BCUT2D eigenvalue weighted by molar-refractivity contribution is 9.10. The van der Waals surface area contributed by atoms with E-state index in [1.54, 1.807) is 0 Å². The number of aryl methyl sites for hydroxylation is 1. The second-order valence-electron chi connectivity index (χ2n) is 2.90. The molecule has 0 saturated carbocycles. The molecule has 0 spiro atoms. The summed E-state index contributed by atoms with van der Waals surface area (Å²) in [5.41, 5.74) is 2.00. The van der Waals surface area contributed by atoms with Crippen LogP contribution in [0.15, 0.2) is 22.7 Å². The summed E-state index contributed by atoms with van der Waals surface area (Å²) in [6.07, 6.45) is 0.876. The lowest BCUT2D eigenvalue weighted by molar-refractivity contribution is -0.134. The van der Waals surface area contributed by atoms with E-state index in [0.717, 1.165) is 22.1 Å². The van der Waals surface area contributed by atoms with Crippen LogP contribution >= 0.6 is 15.9 Å². The van der Waals surface area contributed by atoms with Crippen LogP contribution in [0.5, 0.6) is 0 Å². The summed E-state index contributed by atoms with van der Waals surface area (Å²) in [7, 11) is 0. The third kappa shape index (κ3) is 3.03. The molecular formula is C10H12BrNO2. The highest BCUT2D eigenvalue weighted by atomic mass is 79.9. The minimum atomic E-state index is -0.852. The minimum Gasteiger partial charge on any atom is -0.480 e. The Morgan fingerprint density at radius 1 is 1.57 bits per heavy atom. The molecular weight excluding hydrogens is 246 g/mol. The van der Waals surface area contributed by atoms with Crippen molar-refractivity contribution in [3.05, 3.63) is 28.2 Å². The van der Waals surface area contributed by atoms with E-state index < -0.39 is 5.97 Å². The van der Waals surface area contributed by atoms with Gasteiger partial charge < -0.3 is 10.4 Å². The zero-order valence-corrected chi connectivity index (χ0v) is 9.47. The largest absolute Gasteiger partial charge is 0.480 e. The van der Waals surface area contributed by atoms with Gasteiger partial charge in [-0.15, -0.1) is 0 Å². The summed E-state index contributed by atoms with van der Waals surface area (Å²) in [5.74, 6) is -0.852. The second-order valence-corrected chi connectivity index (χ2v) is 3.82. The highest BCUT2D eigenvalue weighted by Crippen LogP contribution is 2.21. The SMILES string of the molecule is CCc1cc(Br)ccc1NCC(=O)O. The number of carbonyl (C=O) groups is 1. The van der Waals surface area contributed by atoms with Crippen molar-refractivity contribution >= 4 is 27.6 Å². The predicted octanol–water partition coefficient (Wildman–Crippen LogP) is 2.51. The topological polar surface area (TPSA) is 49.3 Å². The Labute approximate surface area is 91.3 Å². The summed E-state index contributed by atoms with van der Waals surface area (Å²) >= 11 is 3.37. The van der Waals surface area contributed by atoms with Crippen LogP contribution in [-0.4, -0.2) is 17.6 Å². The molecule has 0 fully saturated rings. The van der Waals surface area contributed by atoms with Gasteiger partial charge in [0.15, 0.2) is 0 Å². The van der Waals surface area contributed by atoms with Gasteiger partial charge in [-0.1, -0.05) is 22.9 Å². The van der Waals surface area contributed by atoms with Gasteiger partial charge in [-0.25, -0.2) is 0 Å². The lowest BCUT2D eigenvalue weighted by Gasteiger charge is -2.09. The number of carboxylic acid groups (broad SMARTS) is 1. The van der Waals surface area contributed by atoms with Crippen molar-refractivity contribution in [2.24, 2.45) is 0 Å². The third-order valence-corrected chi connectivity index (χ3v) is 2.37. The minimum absolute atomic E-state index is 0.0470. The molecule has 0 heterocycles. The van der Waals surface area contributed by atoms with Crippen LogP contribution in [0.4, 0.5) is 5.69 Å². The van der Waals surface area contributed by atoms with E-state index in [1.165, 1.54) is 0 Å². The molecule has 0 saturated heterocycles. The fourth-order valence-electron chi connectivity index (χ4n) is 1.20. The molecule has 14 heavy (non-hydrogen) atoms. The van der Waals surface area contributed by atoms with Crippen LogP contribution in [-0.2, 0) is 11.2 Å². The fraction of sp³-hybridized carbons (Fsp3) is 0.300. The maximum absolute atomic E-state index is 10.4. The summed E-state index contributed by atoms with van der Waals surface area (Å²) in [4.78, 5) is 10.4. The maximum Gasteiger partial charge on any atom is 0.322 e. The molecule has 3 nitrogen and oxygen atoms in total. The summed E-state index contributed by atoms with van der Waals surface area (Å²) in [6.45, 7) is 1.99. The van der Waals surface area contributed by atoms with E-state index in [1.807, 2.05) is 25.1 Å². The summed E-state index contributed by atoms with van der Waals surface area (Å²) < 4.78 is 1.01. The number of nitrogens with one attached hydrogen (secondary N) is 1. The number of anilines is 1. The van der Waals surface area contributed by atoms with Crippen molar-refractivity contribution in [2.75, 3.05) is 11.9 Å². The Bertz CT molecular complexity index is 339. The molecule has 1 aromatic rings. The number of rotatable bonds is 4. The molecule has 0 unspecified atom stereocenters. The van der Waals surface area contributed by atoms with Crippen molar-refractivity contribution in [1.82, 2.24) is 0 Å². The first kappa shape index (κ1) is 11.0. The fourth-order valence-corrected chi connectivity index (χ4v) is 1.61. The van der Waals surface area contributed by atoms with Crippen molar-refractivity contribution in [3.63, 3.8) is 0 Å². The Morgan fingerprint density at radius 3 is 2.86 bits per heavy atom. The zero-order chi connectivity index (χ0) is 10.6. The van der Waals surface area contributed by atoms with E-state index in [4.69, 9.17) is 5.11 Å². The molecule has 0 bridgehead atoms. The van der Waals surface area contributed by atoms with Crippen LogP contribution < -0.4 is 5.32 Å². The molecule has 0 aliphatic carbocycles. The van der Waals surface area contributed by atoms with Gasteiger partial charge in [-0.2, -0.15) is 0 Å². The first-order valence-corrected chi connectivity index (χ1v) is 5.17. The standard InChI is InChI=1S/C10H12BrNO2/c1-2-7-5-8(11)3-4-9(7)12-6-10(13)14/h3-5,12H,2,6H2,1H3,(H,13,14). The molecule has 0 atom stereocenters. The summed E-state index contributed by atoms with van der Waals surface area (Å²) in [5, 5.41) is 11.4. The zero-order valence-electron chi connectivity index (χ0n) is 7.88. The van der Waals surface area contributed by atoms with Gasteiger partial charge >= 0.3 is 5.97 Å². The Kier molecular flexibility index (Phi) is 3.95. The molecule has 1 rings (SSSR count). The Hall–Kier alpha value is -1.03. The summed E-state index contributed by atoms with van der Waals surface area (Å²) in [6, 6.07) is 5.76. The number of benzene rings is 1. The average molecular weight is 258 g/mol. The Morgan fingerprint density at radius 2 is 2.29 bits per heavy atom. The number of carboxylic acids is 1. The van der Waals surface area contributed by atoms with Gasteiger partial charge in [-0.05, 0) is 30.2 Å². The molecule has 0 aliphatic rings. The number of halogens is 1. The number of hydrogen-bond donors (Lipinski definition) is 2. The molecule has 2 N–H and O–H groups in total. The van der Waals surface area contributed by atoms with Gasteiger partial charge in [-0.3, -0.25) is 4.79 Å². The smallest absolute Gasteiger partial charge is 0.322 e. The van der Waals surface area contributed by atoms with E-state index in [-0.39, 0.29) is 6.54 Å². The van der Waals surface area contributed by atoms with Crippen LogP contribution in [0.25, 0.3) is 0 Å². The van der Waals surface area contributed by atoms with E-state index in [9.17, 15) is 4.79 Å². The first-order chi connectivity index (χ1) is 6.63. The second kappa shape index (κ2) is 5.00. The number of hydrogen-bond acceptors (Lipinski definition) is 2. The molecule has 0 aliphatic heterocycles. The average Bonchev–Trinajstić information content (AvgIpc) is 2.15. The normalized spacial score (nSPS) is 9.86.